The van der Waals surface area contributed by atoms with Crippen molar-refractivity contribution in [2.24, 2.45) is 0 Å². The van der Waals surface area contributed by atoms with Crippen molar-refractivity contribution in [3.63, 3.8) is 0 Å². The summed E-state index contributed by atoms with van der Waals surface area (Å²) in [5, 5.41) is 2.17. The van der Waals surface area contributed by atoms with Crippen molar-refractivity contribution in [2.75, 3.05) is 0 Å². The number of fused-ring (bicyclic) bond motifs is 8. The van der Waals surface area contributed by atoms with E-state index >= 15 is 0 Å². The van der Waals surface area contributed by atoms with Gasteiger partial charge in [-0.3, -0.25) is 12.9 Å². The van der Waals surface area contributed by atoms with Crippen LogP contribution in [0.15, 0.2) is 144 Å². The van der Waals surface area contributed by atoms with Crippen LogP contribution in [0, 0.1) is 6.92 Å². The number of nitrogens with zero attached hydrogens (tertiary/aromatic N) is 4. The van der Waals surface area contributed by atoms with Gasteiger partial charge >= 0.3 is 0 Å². The summed E-state index contributed by atoms with van der Waals surface area (Å²) >= 11 is 0. The van der Waals surface area contributed by atoms with Crippen molar-refractivity contribution in [3.8, 4) is 16.8 Å². The number of imidazole rings is 2. The van der Waals surface area contributed by atoms with Crippen LogP contribution in [0.25, 0.3) is 66.5 Å². The highest BCUT2D eigenvalue weighted by molar-refractivity contribution is 7.84. The summed E-state index contributed by atoms with van der Waals surface area (Å²) in [7, 11) is -1.38. The summed E-state index contributed by atoms with van der Waals surface area (Å²) in [6.07, 6.45) is 0. The minimum Gasteiger partial charge on any atom is -0.278 e. The van der Waals surface area contributed by atoms with Crippen LogP contribution in [0.1, 0.15) is 5.56 Å². The third-order valence-corrected chi connectivity index (χ3v) is 9.97. The van der Waals surface area contributed by atoms with Crippen LogP contribution >= 0.6 is 0 Å². The lowest BCUT2D eigenvalue weighted by Gasteiger charge is -2.08. The highest BCUT2D eigenvalue weighted by atomic mass is 32.2. The maximum atomic E-state index is 13.9. The van der Waals surface area contributed by atoms with Crippen LogP contribution in [-0.2, 0) is 11.0 Å². The zero-order valence-electron chi connectivity index (χ0n) is 23.9. The van der Waals surface area contributed by atoms with E-state index in [9.17, 15) is 4.21 Å². The summed E-state index contributed by atoms with van der Waals surface area (Å²) in [6.45, 7) is 2.04. The number of rotatable bonds is 4. The van der Waals surface area contributed by atoms with E-state index in [0.717, 1.165) is 76.9 Å². The first-order chi connectivity index (χ1) is 21.7. The van der Waals surface area contributed by atoms with E-state index in [-0.39, 0.29) is 0 Å². The van der Waals surface area contributed by atoms with Gasteiger partial charge in [-0.15, -0.1) is 0 Å². The van der Waals surface area contributed by atoms with E-state index in [2.05, 4.69) is 106 Å². The SMILES string of the molecule is Cc1ccc(S(=O)n2c3ccccc3c3cc(-c4ccc5nc6n(-c7ccccc7)c7ccccc7n6c5c4)ccc32)cc1. The topological polar surface area (TPSA) is 44.2 Å². The van der Waals surface area contributed by atoms with Gasteiger partial charge in [0, 0.05) is 16.5 Å². The van der Waals surface area contributed by atoms with E-state index in [1.54, 1.807) is 0 Å². The zero-order chi connectivity index (χ0) is 29.4. The van der Waals surface area contributed by atoms with E-state index in [1.807, 2.05) is 53.4 Å². The van der Waals surface area contributed by atoms with Gasteiger partial charge in [-0.25, -0.2) is 9.19 Å². The molecule has 0 saturated heterocycles. The Hall–Kier alpha value is -5.46. The predicted molar refractivity (Wildman–Crippen MR) is 181 cm³/mol. The highest BCUT2D eigenvalue weighted by Crippen LogP contribution is 2.36. The van der Waals surface area contributed by atoms with Crippen LogP contribution in [-0.4, -0.2) is 22.1 Å². The second kappa shape index (κ2) is 9.53. The molecule has 9 rings (SSSR count). The fourth-order valence-electron chi connectivity index (χ4n) is 6.47. The standard InChI is InChI=1S/C38H26N4OS/c1-25-15-19-29(20-16-25)44(43)42-33-12-6-5-11-30(33)31-23-26(18-22-34(31)42)27-17-21-32-37(24-27)41-36-14-8-7-13-35(36)40(38(41)39-32)28-9-3-2-4-10-28/h2-24H,1H3. The zero-order valence-corrected chi connectivity index (χ0v) is 24.7. The molecule has 5 nitrogen and oxygen atoms in total. The van der Waals surface area contributed by atoms with Gasteiger partial charge in [-0.1, -0.05) is 78.4 Å². The first-order valence-electron chi connectivity index (χ1n) is 14.7. The number of hydrogen-bond acceptors (Lipinski definition) is 2. The van der Waals surface area contributed by atoms with Crippen LogP contribution in [0.4, 0.5) is 0 Å². The molecule has 0 amide bonds. The molecule has 3 heterocycles. The first-order valence-corrected chi connectivity index (χ1v) is 15.8. The second-order valence-electron chi connectivity index (χ2n) is 11.2. The molecule has 210 valence electrons. The lowest BCUT2D eigenvalue weighted by atomic mass is 10.0. The maximum Gasteiger partial charge on any atom is 0.220 e. The third kappa shape index (κ3) is 3.64. The molecule has 0 bridgehead atoms. The molecule has 0 radical (unpaired) electrons. The lowest BCUT2D eigenvalue weighted by Crippen LogP contribution is -2.04. The molecular weight excluding hydrogens is 561 g/mol. The molecule has 0 spiro atoms. The van der Waals surface area contributed by atoms with Crippen LogP contribution in [0.3, 0.4) is 0 Å². The van der Waals surface area contributed by atoms with E-state index < -0.39 is 11.0 Å². The minimum absolute atomic E-state index is 0.784. The molecular formula is C38H26N4OS. The molecule has 0 aliphatic heterocycles. The van der Waals surface area contributed by atoms with E-state index in [1.165, 1.54) is 0 Å². The van der Waals surface area contributed by atoms with Gasteiger partial charge in [0.2, 0.25) is 5.78 Å². The average Bonchev–Trinajstić information content (AvgIpc) is 3.71. The summed E-state index contributed by atoms with van der Waals surface area (Å²) in [6, 6.07) is 48.0. The van der Waals surface area contributed by atoms with Crippen molar-refractivity contribution < 1.29 is 4.21 Å². The number of benzene rings is 6. The third-order valence-electron chi connectivity index (χ3n) is 8.56. The molecule has 0 fully saturated rings. The normalized spacial score (nSPS) is 12.7. The average molecular weight is 587 g/mol. The summed E-state index contributed by atoms with van der Waals surface area (Å²) in [5.74, 6) is 0.890. The Morgan fingerprint density at radius 3 is 2.05 bits per heavy atom. The molecule has 9 aromatic rings. The fourth-order valence-corrected chi connectivity index (χ4v) is 7.72. The van der Waals surface area contributed by atoms with E-state index in [4.69, 9.17) is 4.98 Å². The van der Waals surface area contributed by atoms with Crippen LogP contribution in [0.5, 0.6) is 0 Å². The fraction of sp³-hybridized carbons (Fsp3) is 0.0263. The van der Waals surface area contributed by atoms with Gasteiger partial charge in [-0.2, -0.15) is 0 Å². The van der Waals surface area contributed by atoms with Crippen molar-refractivity contribution >= 4 is 60.6 Å². The monoisotopic (exact) mass is 586 g/mol. The molecule has 6 heteroatoms. The Morgan fingerprint density at radius 1 is 0.568 bits per heavy atom. The van der Waals surface area contributed by atoms with Gasteiger partial charge in [0.25, 0.3) is 0 Å². The van der Waals surface area contributed by atoms with Crippen LogP contribution < -0.4 is 0 Å². The lowest BCUT2D eigenvalue weighted by molar-refractivity contribution is 0.679. The van der Waals surface area contributed by atoms with Crippen molar-refractivity contribution in [1.29, 1.82) is 0 Å². The molecule has 6 aromatic carbocycles. The Balaban J connectivity index is 1.25. The van der Waals surface area contributed by atoms with E-state index in [0.29, 0.717) is 0 Å². The van der Waals surface area contributed by atoms with Gasteiger partial charge < -0.3 is 0 Å². The Morgan fingerprint density at radius 2 is 1.23 bits per heavy atom. The molecule has 1 atom stereocenters. The molecule has 0 N–H and O–H groups in total. The summed E-state index contributed by atoms with van der Waals surface area (Å²) in [5.41, 5.74) is 10.6. The molecule has 3 aromatic heterocycles. The Kier molecular flexibility index (Phi) is 5.43. The van der Waals surface area contributed by atoms with Gasteiger partial charge in [0.15, 0.2) is 11.0 Å². The minimum atomic E-state index is -1.38. The first kappa shape index (κ1) is 25.1. The number of para-hydroxylation sites is 4. The molecule has 0 aliphatic rings. The largest absolute Gasteiger partial charge is 0.278 e. The number of aromatic nitrogens is 4. The van der Waals surface area contributed by atoms with Crippen molar-refractivity contribution in [3.05, 3.63) is 145 Å². The highest BCUT2D eigenvalue weighted by Gasteiger charge is 2.19. The van der Waals surface area contributed by atoms with Gasteiger partial charge in [0.05, 0.1) is 38.0 Å². The molecule has 0 saturated carbocycles. The molecule has 0 aliphatic carbocycles. The quantitative estimate of drug-likeness (QED) is 0.206. The molecule has 44 heavy (non-hydrogen) atoms. The Labute approximate surface area is 255 Å². The Bertz CT molecular complexity index is 2570. The van der Waals surface area contributed by atoms with Crippen molar-refractivity contribution in [1.82, 2.24) is 17.9 Å². The van der Waals surface area contributed by atoms with Crippen molar-refractivity contribution in [2.45, 2.75) is 11.8 Å². The van der Waals surface area contributed by atoms with Gasteiger partial charge in [0.1, 0.15) is 0 Å². The summed E-state index contributed by atoms with van der Waals surface area (Å²) in [4.78, 5) is 5.88. The number of hydrogen-bond donors (Lipinski definition) is 0. The smallest absolute Gasteiger partial charge is 0.220 e. The molecule has 1 unspecified atom stereocenters. The number of aryl methyl sites for hydroxylation is 1. The second-order valence-corrected chi connectivity index (χ2v) is 12.6. The predicted octanol–water partition coefficient (Wildman–Crippen LogP) is 9.09. The van der Waals surface area contributed by atoms with Gasteiger partial charge in [-0.05, 0) is 84.8 Å². The maximum absolute atomic E-state index is 13.9. The summed E-state index contributed by atoms with van der Waals surface area (Å²) < 4.78 is 20.4. The van der Waals surface area contributed by atoms with Crippen LogP contribution in [0.2, 0.25) is 0 Å².